The molecule has 0 aromatic heterocycles. The van der Waals surface area contributed by atoms with Crippen LogP contribution in [0.5, 0.6) is 0 Å². The number of piperidine rings is 1. The SMILES string of the molecule is O=C(O)C1CCCC2NNCN21. The lowest BCUT2D eigenvalue weighted by atomic mass is 10.0. The van der Waals surface area contributed by atoms with Gasteiger partial charge in [-0.2, -0.15) is 0 Å². The van der Waals surface area contributed by atoms with Crippen LogP contribution in [-0.2, 0) is 4.79 Å². The summed E-state index contributed by atoms with van der Waals surface area (Å²) in [5.41, 5.74) is 6.02. The summed E-state index contributed by atoms with van der Waals surface area (Å²) in [5, 5.41) is 8.89. The summed E-state index contributed by atoms with van der Waals surface area (Å²) in [6, 6.07) is -0.300. The molecule has 5 heteroatoms. The van der Waals surface area contributed by atoms with E-state index >= 15 is 0 Å². The molecule has 5 nitrogen and oxygen atoms in total. The molecule has 2 unspecified atom stereocenters. The molecule has 2 fully saturated rings. The first-order chi connectivity index (χ1) is 5.79. The van der Waals surface area contributed by atoms with Crippen molar-refractivity contribution in [3.63, 3.8) is 0 Å². The Balaban J connectivity index is 2.08. The van der Waals surface area contributed by atoms with E-state index in [-0.39, 0.29) is 12.2 Å². The topological polar surface area (TPSA) is 64.6 Å². The average molecular weight is 171 g/mol. The number of nitrogens with zero attached hydrogens (tertiary/aromatic N) is 1. The van der Waals surface area contributed by atoms with Gasteiger partial charge in [-0.15, -0.1) is 0 Å². The first-order valence-corrected chi connectivity index (χ1v) is 4.26. The number of carboxylic acids is 1. The molecule has 2 atom stereocenters. The van der Waals surface area contributed by atoms with Gasteiger partial charge in [0.15, 0.2) is 0 Å². The van der Waals surface area contributed by atoms with E-state index in [1.165, 1.54) is 0 Å². The van der Waals surface area contributed by atoms with E-state index in [0.717, 1.165) is 19.3 Å². The van der Waals surface area contributed by atoms with Gasteiger partial charge in [0.05, 0.1) is 12.8 Å². The van der Waals surface area contributed by atoms with Crippen LogP contribution in [0.1, 0.15) is 19.3 Å². The van der Waals surface area contributed by atoms with Crippen LogP contribution in [0, 0.1) is 0 Å². The maximum atomic E-state index is 10.8. The maximum Gasteiger partial charge on any atom is 0.321 e. The summed E-state index contributed by atoms with van der Waals surface area (Å²) in [7, 11) is 0. The number of rotatable bonds is 1. The fourth-order valence-electron chi connectivity index (χ4n) is 1.95. The molecule has 0 amide bonds. The Labute approximate surface area is 70.7 Å². The minimum absolute atomic E-state index is 0.222. The largest absolute Gasteiger partial charge is 0.480 e. The van der Waals surface area contributed by atoms with Crippen LogP contribution in [0.4, 0.5) is 0 Å². The van der Waals surface area contributed by atoms with Gasteiger partial charge in [0, 0.05) is 0 Å². The predicted octanol–water partition coefficient (Wildman–Crippen LogP) is -0.683. The number of carboxylic acid groups (broad SMARTS) is 1. The van der Waals surface area contributed by atoms with Crippen LogP contribution in [0.15, 0.2) is 0 Å². The van der Waals surface area contributed by atoms with Crippen molar-refractivity contribution in [3.8, 4) is 0 Å². The molecule has 0 aromatic rings. The minimum Gasteiger partial charge on any atom is -0.480 e. The predicted molar refractivity (Wildman–Crippen MR) is 42.0 cm³/mol. The number of hydrogen-bond acceptors (Lipinski definition) is 4. The maximum absolute atomic E-state index is 10.8. The van der Waals surface area contributed by atoms with Gasteiger partial charge >= 0.3 is 5.97 Å². The summed E-state index contributed by atoms with van der Waals surface area (Å²) in [6.07, 6.45) is 3.03. The Kier molecular flexibility index (Phi) is 2.00. The van der Waals surface area contributed by atoms with E-state index in [1.807, 2.05) is 4.90 Å². The third kappa shape index (κ3) is 1.20. The van der Waals surface area contributed by atoms with Gasteiger partial charge in [0.2, 0.25) is 0 Å². The highest BCUT2D eigenvalue weighted by atomic mass is 16.4. The summed E-state index contributed by atoms with van der Waals surface area (Å²) >= 11 is 0. The number of nitrogens with one attached hydrogen (secondary N) is 2. The molecule has 0 aromatic carbocycles. The minimum atomic E-state index is -0.704. The Bertz CT molecular complexity index is 197. The highest BCUT2D eigenvalue weighted by Gasteiger charge is 2.37. The molecule has 2 aliphatic rings. The van der Waals surface area contributed by atoms with Crippen molar-refractivity contribution in [1.29, 1.82) is 0 Å². The molecular formula is C7H13N3O2. The van der Waals surface area contributed by atoms with Crippen LogP contribution in [-0.4, -0.2) is 34.9 Å². The third-order valence-corrected chi connectivity index (χ3v) is 2.57. The van der Waals surface area contributed by atoms with Crippen molar-refractivity contribution >= 4 is 5.97 Å². The molecule has 2 aliphatic heterocycles. The second kappa shape index (κ2) is 3.01. The van der Waals surface area contributed by atoms with E-state index in [2.05, 4.69) is 10.9 Å². The number of carbonyl (C=O) groups is 1. The molecule has 2 heterocycles. The Morgan fingerprint density at radius 3 is 3.08 bits per heavy atom. The molecule has 0 aliphatic carbocycles. The molecular weight excluding hydrogens is 158 g/mol. The summed E-state index contributed by atoms with van der Waals surface area (Å²) < 4.78 is 0. The zero-order valence-corrected chi connectivity index (χ0v) is 6.79. The Hall–Kier alpha value is -0.650. The normalized spacial score (nSPS) is 36.3. The molecule has 12 heavy (non-hydrogen) atoms. The van der Waals surface area contributed by atoms with E-state index in [0.29, 0.717) is 6.67 Å². The van der Waals surface area contributed by atoms with Crippen molar-refractivity contribution in [2.75, 3.05) is 6.67 Å². The Morgan fingerprint density at radius 2 is 2.33 bits per heavy atom. The van der Waals surface area contributed by atoms with Crippen molar-refractivity contribution in [2.45, 2.75) is 31.5 Å². The van der Waals surface area contributed by atoms with Gasteiger partial charge < -0.3 is 5.11 Å². The van der Waals surface area contributed by atoms with Crippen LogP contribution in [0.3, 0.4) is 0 Å². The van der Waals surface area contributed by atoms with Crippen molar-refractivity contribution in [3.05, 3.63) is 0 Å². The summed E-state index contributed by atoms with van der Waals surface area (Å²) in [5.74, 6) is -0.704. The van der Waals surface area contributed by atoms with Gasteiger partial charge in [-0.05, 0) is 19.3 Å². The molecule has 2 saturated heterocycles. The highest BCUT2D eigenvalue weighted by molar-refractivity contribution is 5.73. The van der Waals surface area contributed by atoms with E-state index < -0.39 is 5.97 Å². The molecule has 3 N–H and O–H groups in total. The number of fused-ring (bicyclic) bond motifs is 1. The Morgan fingerprint density at radius 1 is 1.50 bits per heavy atom. The molecule has 0 saturated carbocycles. The molecule has 2 rings (SSSR count). The summed E-state index contributed by atoms with van der Waals surface area (Å²) in [4.78, 5) is 12.8. The monoisotopic (exact) mass is 171 g/mol. The number of aliphatic carboxylic acids is 1. The lowest BCUT2D eigenvalue weighted by Gasteiger charge is -2.33. The van der Waals surface area contributed by atoms with Gasteiger partial charge in [0.1, 0.15) is 6.04 Å². The van der Waals surface area contributed by atoms with Crippen molar-refractivity contribution < 1.29 is 9.90 Å². The average Bonchev–Trinajstić information content (AvgIpc) is 2.49. The van der Waals surface area contributed by atoms with Crippen LogP contribution < -0.4 is 10.9 Å². The van der Waals surface area contributed by atoms with Gasteiger partial charge in [-0.3, -0.25) is 9.69 Å². The zero-order chi connectivity index (χ0) is 8.55. The standard InChI is InChI=1S/C7H13N3O2/c11-7(12)5-2-1-3-6-9-8-4-10(5)6/h5-6,8-9H,1-4H2,(H,11,12). The zero-order valence-electron chi connectivity index (χ0n) is 6.79. The lowest BCUT2D eigenvalue weighted by molar-refractivity contribution is -0.145. The molecule has 0 spiro atoms. The lowest BCUT2D eigenvalue weighted by Crippen LogP contribution is -2.49. The summed E-state index contributed by atoms with van der Waals surface area (Å²) in [6.45, 7) is 0.641. The van der Waals surface area contributed by atoms with Gasteiger partial charge in [0.25, 0.3) is 0 Å². The van der Waals surface area contributed by atoms with Crippen molar-refractivity contribution in [2.24, 2.45) is 0 Å². The highest BCUT2D eigenvalue weighted by Crippen LogP contribution is 2.22. The van der Waals surface area contributed by atoms with E-state index in [1.54, 1.807) is 0 Å². The molecule has 0 radical (unpaired) electrons. The molecule has 0 bridgehead atoms. The second-order valence-corrected chi connectivity index (χ2v) is 3.29. The van der Waals surface area contributed by atoms with Crippen molar-refractivity contribution in [1.82, 2.24) is 15.8 Å². The fourth-order valence-corrected chi connectivity index (χ4v) is 1.95. The number of hydrazine groups is 1. The first-order valence-electron chi connectivity index (χ1n) is 4.26. The fraction of sp³-hybridized carbons (Fsp3) is 0.857. The van der Waals surface area contributed by atoms with Crippen LogP contribution in [0.2, 0.25) is 0 Å². The third-order valence-electron chi connectivity index (χ3n) is 2.57. The van der Waals surface area contributed by atoms with E-state index in [4.69, 9.17) is 5.11 Å². The van der Waals surface area contributed by atoms with E-state index in [9.17, 15) is 4.79 Å². The first kappa shape index (κ1) is 7.97. The molecule has 68 valence electrons. The smallest absolute Gasteiger partial charge is 0.321 e. The van der Waals surface area contributed by atoms with Gasteiger partial charge in [-0.25, -0.2) is 10.9 Å². The second-order valence-electron chi connectivity index (χ2n) is 3.29. The quantitative estimate of drug-likeness (QED) is 0.487. The van der Waals surface area contributed by atoms with Crippen LogP contribution >= 0.6 is 0 Å². The van der Waals surface area contributed by atoms with Crippen LogP contribution in [0.25, 0.3) is 0 Å². The number of hydrogen-bond donors (Lipinski definition) is 3. The van der Waals surface area contributed by atoms with Gasteiger partial charge in [-0.1, -0.05) is 0 Å².